The molecule has 0 spiro atoms. The van der Waals surface area contributed by atoms with E-state index in [-0.39, 0.29) is 5.92 Å². The van der Waals surface area contributed by atoms with Gasteiger partial charge in [-0.05, 0) is 30.7 Å². The Kier molecular flexibility index (Phi) is 3.61. The van der Waals surface area contributed by atoms with Crippen LogP contribution in [0.3, 0.4) is 0 Å². The van der Waals surface area contributed by atoms with Crippen molar-refractivity contribution in [2.24, 2.45) is 0 Å². The highest BCUT2D eigenvalue weighted by atomic mass is 16.5. The molecule has 0 aliphatic rings. The van der Waals surface area contributed by atoms with Crippen molar-refractivity contribution in [3.63, 3.8) is 0 Å². The highest BCUT2D eigenvalue weighted by Gasteiger charge is 2.15. The molecule has 5 heteroatoms. The number of hydrogen-bond acceptors (Lipinski definition) is 5. The van der Waals surface area contributed by atoms with Gasteiger partial charge < -0.3 is 4.52 Å². The molecule has 0 N–H and O–H groups in total. The highest BCUT2D eigenvalue weighted by molar-refractivity contribution is 5.82. The van der Waals surface area contributed by atoms with E-state index in [1.54, 1.807) is 6.20 Å². The minimum atomic E-state index is 0.0908. The van der Waals surface area contributed by atoms with Crippen molar-refractivity contribution in [2.45, 2.75) is 25.7 Å². The van der Waals surface area contributed by atoms with Gasteiger partial charge in [-0.2, -0.15) is 10.2 Å². The normalized spacial score (nSPS) is 12.2. The van der Waals surface area contributed by atoms with Gasteiger partial charge in [0.05, 0.1) is 11.6 Å². The van der Waals surface area contributed by atoms with E-state index in [2.05, 4.69) is 21.2 Å². The summed E-state index contributed by atoms with van der Waals surface area (Å²) in [5.41, 5.74) is 1.84. The molecule has 104 valence electrons. The third-order valence-corrected chi connectivity index (χ3v) is 3.41. The van der Waals surface area contributed by atoms with Crippen LogP contribution in [0.2, 0.25) is 0 Å². The molecule has 0 radical (unpaired) electrons. The fourth-order valence-electron chi connectivity index (χ4n) is 2.17. The molecule has 0 amide bonds. The quantitative estimate of drug-likeness (QED) is 0.727. The van der Waals surface area contributed by atoms with Crippen molar-refractivity contribution in [2.75, 3.05) is 0 Å². The molecule has 5 nitrogen and oxygen atoms in total. The molecular weight excluding hydrogens is 264 g/mol. The van der Waals surface area contributed by atoms with Crippen molar-refractivity contribution in [3.8, 4) is 17.5 Å². The zero-order valence-electron chi connectivity index (χ0n) is 11.7. The molecule has 21 heavy (non-hydrogen) atoms. The van der Waals surface area contributed by atoms with Crippen LogP contribution in [0.1, 0.15) is 31.6 Å². The van der Waals surface area contributed by atoms with Crippen LogP contribution >= 0.6 is 0 Å². The lowest BCUT2D eigenvalue weighted by Gasteiger charge is -2.01. The molecule has 3 rings (SSSR count). The summed E-state index contributed by atoms with van der Waals surface area (Å²) in [4.78, 5) is 8.72. The van der Waals surface area contributed by atoms with Crippen LogP contribution < -0.4 is 0 Å². The molecule has 0 bridgehead atoms. The Bertz CT molecular complexity index is 803. The van der Waals surface area contributed by atoms with Crippen molar-refractivity contribution in [1.82, 2.24) is 15.1 Å². The lowest BCUT2D eigenvalue weighted by molar-refractivity contribution is 0.355. The SMILES string of the molecule is CC(CCC#N)c1nc(-c2ccc3ncccc3c2)no1. The summed E-state index contributed by atoms with van der Waals surface area (Å²) in [6, 6.07) is 11.9. The predicted molar refractivity (Wildman–Crippen MR) is 78.3 cm³/mol. The largest absolute Gasteiger partial charge is 0.339 e. The Hall–Kier alpha value is -2.74. The third kappa shape index (κ3) is 2.75. The van der Waals surface area contributed by atoms with Gasteiger partial charge in [-0.1, -0.05) is 18.1 Å². The van der Waals surface area contributed by atoms with Gasteiger partial charge in [-0.25, -0.2) is 0 Å². The summed E-state index contributed by atoms with van der Waals surface area (Å²) in [7, 11) is 0. The molecule has 2 aromatic heterocycles. The monoisotopic (exact) mass is 278 g/mol. The van der Waals surface area contributed by atoms with Gasteiger partial charge in [-0.15, -0.1) is 0 Å². The summed E-state index contributed by atoms with van der Waals surface area (Å²) < 4.78 is 5.30. The summed E-state index contributed by atoms with van der Waals surface area (Å²) >= 11 is 0. The number of fused-ring (bicyclic) bond motifs is 1. The number of aromatic nitrogens is 3. The molecule has 1 aromatic carbocycles. The molecule has 0 aliphatic heterocycles. The van der Waals surface area contributed by atoms with Gasteiger partial charge in [-0.3, -0.25) is 4.98 Å². The van der Waals surface area contributed by atoms with Crippen molar-refractivity contribution in [3.05, 3.63) is 42.4 Å². The van der Waals surface area contributed by atoms with Crippen LogP contribution in [0.15, 0.2) is 41.1 Å². The first-order valence-corrected chi connectivity index (χ1v) is 6.83. The second-order valence-electron chi connectivity index (χ2n) is 4.96. The second-order valence-corrected chi connectivity index (χ2v) is 4.96. The lowest BCUT2D eigenvalue weighted by atomic mass is 10.1. The average molecular weight is 278 g/mol. The number of hydrogen-bond donors (Lipinski definition) is 0. The fourth-order valence-corrected chi connectivity index (χ4v) is 2.17. The van der Waals surface area contributed by atoms with E-state index in [1.165, 1.54) is 0 Å². The summed E-state index contributed by atoms with van der Waals surface area (Å²) in [6.45, 7) is 1.99. The van der Waals surface area contributed by atoms with Crippen LogP contribution in [0.5, 0.6) is 0 Å². The Morgan fingerprint density at radius 2 is 2.24 bits per heavy atom. The third-order valence-electron chi connectivity index (χ3n) is 3.41. The summed E-state index contributed by atoms with van der Waals surface area (Å²) in [5.74, 6) is 1.24. The Morgan fingerprint density at radius 3 is 3.10 bits per heavy atom. The van der Waals surface area contributed by atoms with Crippen LogP contribution in [0, 0.1) is 11.3 Å². The maximum Gasteiger partial charge on any atom is 0.229 e. The van der Waals surface area contributed by atoms with Gasteiger partial charge in [0.15, 0.2) is 0 Å². The first-order valence-electron chi connectivity index (χ1n) is 6.83. The van der Waals surface area contributed by atoms with E-state index in [0.717, 1.165) is 22.9 Å². The molecule has 2 heterocycles. The molecule has 0 aliphatic carbocycles. The standard InChI is InChI=1S/C16H14N4O/c1-11(4-2-8-17)16-19-15(20-21-16)13-6-7-14-12(10-13)5-3-9-18-14/h3,5-7,9-11H,2,4H2,1H3. The van der Waals surface area contributed by atoms with E-state index in [9.17, 15) is 0 Å². The van der Waals surface area contributed by atoms with Crippen LogP contribution in [-0.2, 0) is 0 Å². The van der Waals surface area contributed by atoms with Crippen LogP contribution in [0.25, 0.3) is 22.3 Å². The van der Waals surface area contributed by atoms with E-state index in [4.69, 9.17) is 9.78 Å². The zero-order valence-corrected chi connectivity index (χ0v) is 11.7. The van der Waals surface area contributed by atoms with Gasteiger partial charge in [0.25, 0.3) is 0 Å². The second kappa shape index (κ2) is 5.71. The Balaban J connectivity index is 1.89. The average Bonchev–Trinajstić information content (AvgIpc) is 3.02. The Labute approximate surface area is 122 Å². The maximum atomic E-state index is 8.62. The zero-order chi connectivity index (χ0) is 14.7. The van der Waals surface area contributed by atoms with Crippen LogP contribution in [-0.4, -0.2) is 15.1 Å². The topological polar surface area (TPSA) is 75.6 Å². The fraction of sp³-hybridized carbons (Fsp3) is 0.250. The smallest absolute Gasteiger partial charge is 0.229 e. The molecular formula is C16H14N4O. The first kappa shape index (κ1) is 13.3. The minimum Gasteiger partial charge on any atom is -0.339 e. The number of nitriles is 1. The summed E-state index contributed by atoms with van der Waals surface area (Å²) in [5, 5.41) is 13.7. The number of rotatable bonds is 4. The summed E-state index contributed by atoms with van der Waals surface area (Å²) in [6.07, 6.45) is 2.98. The number of benzene rings is 1. The van der Waals surface area contributed by atoms with Crippen molar-refractivity contribution < 1.29 is 4.52 Å². The van der Waals surface area contributed by atoms with E-state index in [0.29, 0.717) is 18.1 Å². The molecule has 1 atom stereocenters. The van der Waals surface area contributed by atoms with Gasteiger partial charge in [0.2, 0.25) is 11.7 Å². The van der Waals surface area contributed by atoms with Crippen molar-refractivity contribution >= 4 is 10.9 Å². The molecule has 0 fully saturated rings. The van der Waals surface area contributed by atoms with E-state index >= 15 is 0 Å². The lowest BCUT2D eigenvalue weighted by Crippen LogP contribution is -1.93. The van der Waals surface area contributed by atoms with Gasteiger partial charge in [0.1, 0.15) is 0 Å². The molecule has 3 aromatic rings. The van der Waals surface area contributed by atoms with Gasteiger partial charge in [0, 0.05) is 29.5 Å². The van der Waals surface area contributed by atoms with Crippen LogP contribution in [0.4, 0.5) is 0 Å². The maximum absolute atomic E-state index is 8.62. The molecule has 1 unspecified atom stereocenters. The highest BCUT2D eigenvalue weighted by Crippen LogP contribution is 2.24. The van der Waals surface area contributed by atoms with E-state index < -0.39 is 0 Å². The predicted octanol–water partition coefficient (Wildman–Crippen LogP) is 3.69. The number of nitrogens with zero attached hydrogens (tertiary/aromatic N) is 4. The van der Waals surface area contributed by atoms with E-state index in [1.807, 2.05) is 37.3 Å². The van der Waals surface area contributed by atoms with Crippen molar-refractivity contribution in [1.29, 1.82) is 5.26 Å². The molecule has 0 saturated carbocycles. The first-order chi connectivity index (χ1) is 10.3. The number of pyridine rings is 1. The van der Waals surface area contributed by atoms with Gasteiger partial charge >= 0.3 is 0 Å². The molecule has 0 saturated heterocycles. The Morgan fingerprint density at radius 1 is 1.33 bits per heavy atom. The minimum absolute atomic E-state index is 0.0908.